The molecule has 0 aliphatic rings. The van der Waals surface area contributed by atoms with Gasteiger partial charge in [-0.2, -0.15) is 0 Å². The van der Waals surface area contributed by atoms with Gasteiger partial charge in [0.05, 0.1) is 13.8 Å². The van der Waals surface area contributed by atoms with Crippen LogP contribution in [0.2, 0.25) is 19.6 Å². The summed E-state index contributed by atoms with van der Waals surface area (Å²) in [4.78, 5) is 5.71. The van der Waals surface area contributed by atoms with Crippen LogP contribution >= 0.6 is 0 Å². The Bertz CT molecular complexity index is 134. The third-order valence-electron chi connectivity index (χ3n) is 2.44. The van der Waals surface area contributed by atoms with E-state index in [4.69, 9.17) is 4.84 Å². The van der Waals surface area contributed by atoms with Crippen LogP contribution in [0.4, 0.5) is 0 Å². The normalized spacial score (nSPS) is 14.4. The van der Waals surface area contributed by atoms with Crippen molar-refractivity contribution in [2.75, 3.05) is 6.54 Å². The molecule has 3 heteroatoms. The SMILES string of the molecule is CCCCCNOC(CC)[Si](C)(C)C. The van der Waals surface area contributed by atoms with Gasteiger partial charge < -0.3 is 4.84 Å². The maximum atomic E-state index is 5.71. The Hall–Kier alpha value is 0.137. The van der Waals surface area contributed by atoms with Crippen molar-refractivity contribution in [1.29, 1.82) is 0 Å². The first-order valence-corrected chi connectivity index (χ1v) is 9.48. The van der Waals surface area contributed by atoms with Crippen molar-refractivity contribution in [3.63, 3.8) is 0 Å². The van der Waals surface area contributed by atoms with Crippen molar-refractivity contribution < 1.29 is 4.84 Å². The first-order chi connectivity index (χ1) is 6.52. The minimum absolute atomic E-state index is 0.448. The highest BCUT2D eigenvalue weighted by Crippen LogP contribution is 2.13. The van der Waals surface area contributed by atoms with Crippen molar-refractivity contribution in [2.24, 2.45) is 0 Å². The van der Waals surface area contributed by atoms with Crippen molar-refractivity contribution >= 4 is 8.07 Å². The summed E-state index contributed by atoms with van der Waals surface area (Å²) in [5, 5.41) is 0. The van der Waals surface area contributed by atoms with E-state index in [1.165, 1.54) is 19.3 Å². The standard InChI is InChI=1S/C11H27NOSi/c1-6-8-9-10-12-13-11(7-2)14(3,4)5/h11-12H,6-10H2,1-5H3. The van der Waals surface area contributed by atoms with Gasteiger partial charge in [0.2, 0.25) is 0 Å². The molecule has 0 aromatic carbocycles. The van der Waals surface area contributed by atoms with Crippen LogP contribution in [0.5, 0.6) is 0 Å². The molecule has 0 rings (SSSR count). The second kappa shape index (κ2) is 7.43. The van der Waals surface area contributed by atoms with Crippen LogP contribution in [0.1, 0.15) is 39.5 Å². The lowest BCUT2D eigenvalue weighted by atomic mass is 10.3. The Kier molecular flexibility index (Phi) is 7.50. The molecular formula is C11H27NOSi. The van der Waals surface area contributed by atoms with Gasteiger partial charge >= 0.3 is 0 Å². The molecule has 1 unspecified atom stereocenters. The second-order valence-corrected chi connectivity index (χ2v) is 10.4. The van der Waals surface area contributed by atoms with Crippen molar-refractivity contribution in [2.45, 2.75) is 64.9 Å². The molecule has 0 aliphatic heterocycles. The Balaban J connectivity index is 3.54. The number of hydrogen-bond acceptors (Lipinski definition) is 2. The summed E-state index contributed by atoms with van der Waals surface area (Å²) in [5.41, 5.74) is 3.56. The first kappa shape index (κ1) is 14.1. The fraction of sp³-hybridized carbons (Fsp3) is 1.00. The van der Waals surface area contributed by atoms with E-state index in [9.17, 15) is 0 Å². The minimum Gasteiger partial charge on any atom is -0.302 e. The molecule has 86 valence electrons. The zero-order valence-electron chi connectivity index (χ0n) is 10.5. The summed E-state index contributed by atoms with van der Waals surface area (Å²) in [7, 11) is -1.14. The van der Waals surface area contributed by atoms with E-state index in [-0.39, 0.29) is 0 Å². The third kappa shape index (κ3) is 6.57. The molecule has 0 spiro atoms. The summed E-state index contributed by atoms with van der Waals surface area (Å²) in [6.07, 6.45) is 4.90. The number of nitrogens with one attached hydrogen (secondary N) is 1. The zero-order chi connectivity index (χ0) is 11.0. The molecule has 0 heterocycles. The van der Waals surface area contributed by atoms with Crippen LogP contribution in [0.25, 0.3) is 0 Å². The molecule has 0 aromatic heterocycles. The molecule has 0 aromatic rings. The maximum absolute atomic E-state index is 5.71. The monoisotopic (exact) mass is 217 g/mol. The fourth-order valence-electron chi connectivity index (χ4n) is 1.48. The average molecular weight is 217 g/mol. The molecule has 0 amide bonds. The van der Waals surface area contributed by atoms with Crippen molar-refractivity contribution in [1.82, 2.24) is 5.48 Å². The van der Waals surface area contributed by atoms with Gasteiger partial charge in [0.25, 0.3) is 0 Å². The lowest BCUT2D eigenvalue weighted by molar-refractivity contribution is 0.0103. The van der Waals surface area contributed by atoms with E-state index >= 15 is 0 Å². The minimum atomic E-state index is -1.14. The topological polar surface area (TPSA) is 21.3 Å². The van der Waals surface area contributed by atoms with Crippen LogP contribution in [-0.4, -0.2) is 20.3 Å². The van der Waals surface area contributed by atoms with Gasteiger partial charge in [-0.1, -0.05) is 46.3 Å². The summed E-state index contributed by atoms with van der Waals surface area (Å²) in [6.45, 7) is 12.5. The van der Waals surface area contributed by atoms with E-state index in [0.29, 0.717) is 5.73 Å². The Labute approximate surface area is 90.4 Å². The fourth-order valence-corrected chi connectivity index (χ4v) is 3.14. The largest absolute Gasteiger partial charge is 0.302 e. The highest BCUT2D eigenvalue weighted by molar-refractivity contribution is 6.77. The summed E-state index contributed by atoms with van der Waals surface area (Å²) >= 11 is 0. The van der Waals surface area contributed by atoms with Crippen LogP contribution in [0, 0.1) is 0 Å². The maximum Gasteiger partial charge on any atom is 0.0811 e. The second-order valence-electron chi connectivity index (χ2n) is 4.98. The highest BCUT2D eigenvalue weighted by atomic mass is 28.3. The molecular weight excluding hydrogens is 190 g/mol. The first-order valence-electron chi connectivity index (χ1n) is 5.90. The molecule has 0 saturated heterocycles. The van der Waals surface area contributed by atoms with E-state index < -0.39 is 8.07 Å². The molecule has 1 atom stereocenters. The number of rotatable bonds is 8. The van der Waals surface area contributed by atoms with Gasteiger partial charge in [-0.05, 0) is 12.8 Å². The lowest BCUT2D eigenvalue weighted by Crippen LogP contribution is -2.43. The number of hydrogen-bond donors (Lipinski definition) is 1. The summed E-state index contributed by atoms with van der Waals surface area (Å²) < 4.78 is 0. The van der Waals surface area contributed by atoms with Crippen LogP contribution in [-0.2, 0) is 4.84 Å². The third-order valence-corrected chi connectivity index (χ3v) is 4.90. The van der Waals surface area contributed by atoms with Crippen LogP contribution in [0.15, 0.2) is 0 Å². The Morgan fingerprint density at radius 1 is 1.14 bits per heavy atom. The Morgan fingerprint density at radius 3 is 2.21 bits per heavy atom. The molecule has 0 bridgehead atoms. The van der Waals surface area contributed by atoms with Gasteiger partial charge in [-0.25, -0.2) is 5.48 Å². The molecule has 1 N–H and O–H groups in total. The predicted molar refractivity (Wildman–Crippen MR) is 66.0 cm³/mol. The predicted octanol–water partition coefficient (Wildman–Crippen LogP) is 3.35. The molecule has 14 heavy (non-hydrogen) atoms. The lowest BCUT2D eigenvalue weighted by Gasteiger charge is -2.27. The van der Waals surface area contributed by atoms with Gasteiger partial charge in [0, 0.05) is 6.54 Å². The summed E-state index contributed by atoms with van der Waals surface area (Å²) in [6, 6.07) is 0. The molecule has 0 fully saturated rings. The molecule has 0 saturated carbocycles. The quantitative estimate of drug-likeness (QED) is 0.382. The van der Waals surface area contributed by atoms with E-state index in [0.717, 1.165) is 13.0 Å². The smallest absolute Gasteiger partial charge is 0.0811 e. The van der Waals surface area contributed by atoms with Crippen LogP contribution in [0.3, 0.4) is 0 Å². The molecule has 2 nitrogen and oxygen atoms in total. The highest BCUT2D eigenvalue weighted by Gasteiger charge is 2.26. The van der Waals surface area contributed by atoms with Crippen LogP contribution < -0.4 is 5.48 Å². The van der Waals surface area contributed by atoms with Gasteiger partial charge in [-0.15, -0.1) is 0 Å². The van der Waals surface area contributed by atoms with Crippen molar-refractivity contribution in [3.05, 3.63) is 0 Å². The van der Waals surface area contributed by atoms with Gasteiger partial charge in [0.15, 0.2) is 0 Å². The zero-order valence-corrected chi connectivity index (χ0v) is 11.5. The average Bonchev–Trinajstić information content (AvgIpc) is 2.09. The molecule has 0 radical (unpaired) electrons. The van der Waals surface area contributed by atoms with E-state index in [1.807, 2.05) is 0 Å². The van der Waals surface area contributed by atoms with E-state index in [2.05, 4.69) is 39.0 Å². The van der Waals surface area contributed by atoms with E-state index in [1.54, 1.807) is 0 Å². The number of unbranched alkanes of at least 4 members (excludes halogenated alkanes) is 2. The van der Waals surface area contributed by atoms with Gasteiger partial charge in [0.1, 0.15) is 0 Å². The van der Waals surface area contributed by atoms with Crippen molar-refractivity contribution in [3.8, 4) is 0 Å². The number of hydroxylamine groups is 1. The molecule has 0 aliphatic carbocycles. The van der Waals surface area contributed by atoms with Gasteiger partial charge in [-0.3, -0.25) is 0 Å². The Morgan fingerprint density at radius 2 is 1.79 bits per heavy atom. The summed E-state index contributed by atoms with van der Waals surface area (Å²) in [5.74, 6) is 0.